The lowest BCUT2D eigenvalue weighted by molar-refractivity contribution is 0.0951. The quantitative estimate of drug-likeness (QED) is 0.726. The first-order chi connectivity index (χ1) is 13.5. The van der Waals surface area contributed by atoms with Crippen LogP contribution in [0.4, 0.5) is 22.1 Å². The van der Waals surface area contributed by atoms with Crippen LogP contribution in [-0.4, -0.2) is 47.6 Å². The van der Waals surface area contributed by atoms with Gasteiger partial charge in [0.05, 0.1) is 16.8 Å². The predicted molar refractivity (Wildman–Crippen MR) is 111 cm³/mol. The van der Waals surface area contributed by atoms with Gasteiger partial charge in [0.2, 0.25) is 0 Å². The second-order valence-corrected chi connectivity index (χ2v) is 7.89. The van der Waals surface area contributed by atoms with Crippen molar-refractivity contribution in [1.82, 2.24) is 15.3 Å². The van der Waals surface area contributed by atoms with E-state index in [0.717, 1.165) is 23.1 Å². The number of carbonyl (C=O) groups is 2. The van der Waals surface area contributed by atoms with Gasteiger partial charge in [0.25, 0.3) is 5.91 Å². The summed E-state index contributed by atoms with van der Waals surface area (Å²) in [4.78, 5) is 37.8. The summed E-state index contributed by atoms with van der Waals surface area (Å²) in [5, 5.41) is 5.79. The third kappa shape index (κ3) is 3.40. The number of nitrogens with one attached hydrogen (secondary N) is 2. The van der Waals surface area contributed by atoms with Crippen LogP contribution in [0, 0.1) is 0 Å². The molecule has 1 unspecified atom stereocenters. The highest BCUT2D eigenvalue weighted by atomic mass is 79.9. The lowest BCUT2D eigenvalue weighted by Gasteiger charge is -2.36. The van der Waals surface area contributed by atoms with E-state index in [-0.39, 0.29) is 28.7 Å². The summed E-state index contributed by atoms with van der Waals surface area (Å²) in [6.45, 7) is 3.78. The molecule has 4 heterocycles. The number of nitrogens with zero attached hydrogens (tertiary/aromatic N) is 4. The Kier molecular flexibility index (Phi) is 5.11. The summed E-state index contributed by atoms with van der Waals surface area (Å²) in [6, 6.07) is 4.85. The fraction of sp³-hybridized carbons (Fsp3) is 0.333. The maximum Gasteiger partial charge on any atom is 0.329 e. The van der Waals surface area contributed by atoms with Gasteiger partial charge >= 0.3 is 6.03 Å². The molecule has 1 saturated heterocycles. The number of pyridine rings is 2. The molecule has 0 saturated carbocycles. The van der Waals surface area contributed by atoms with E-state index in [1.54, 1.807) is 29.3 Å². The maximum absolute atomic E-state index is 13.1. The maximum atomic E-state index is 13.1. The van der Waals surface area contributed by atoms with Crippen molar-refractivity contribution in [3.8, 4) is 0 Å². The Hall–Kier alpha value is -2.39. The molecule has 1 fully saturated rings. The van der Waals surface area contributed by atoms with Gasteiger partial charge in [-0.2, -0.15) is 0 Å². The molecule has 10 heteroatoms. The zero-order valence-electron chi connectivity index (χ0n) is 15.1. The molecule has 0 aliphatic carbocycles. The molecular formula is C18H18BrClN6O2. The average Bonchev–Trinajstić information content (AvgIpc) is 3.07. The largest absolute Gasteiger partial charge is 0.366 e. The van der Waals surface area contributed by atoms with Crippen molar-refractivity contribution in [2.45, 2.75) is 19.4 Å². The molecule has 146 valence electrons. The number of aromatic nitrogens is 2. The standard InChI is InChI=1S/C18H18BrClN6O2/c1-2-21-17(27)15-12(20)8-13-16(24-15)26(11-4-6-25(13)9-11)18(28)23-14-7-10(19)3-5-22-14/h3,5,7-8,11H,2,4,6,9H2,1H3,(H,21,27)(H,22,23,28). The summed E-state index contributed by atoms with van der Waals surface area (Å²) in [5.41, 5.74) is 0.868. The fourth-order valence-corrected chi connectivity index (χ4v) is 4.10. The van der Waals surface area contributed by atoms with Gasteiger partial charge in [-0.3, -0.25) is 15.0 Å². The molecule has 4 rings (SSSR count). The normalized spacial score (nSPS) is 17.3. The first-order valence-corrected chi connectivity index (χ1v) is 10.1. The molecule has 2 aliphatic rings. The first-order valence-electron chi connectivity index (χ1n) is 8.93. The van der Waals surface area contributed by atoms with E-state index in [1.165, 1.54) is 0 Å². The van der Waals surface area contributed by atoms with Crippen molar-refractivity contribution >= 4 is 56.8 Å². The molecule has 2 aliphatic heterocycles. The van der Waals surface area contributed by atoms with Crippen LogP contribution >= 0.6 is 27.5 Å². The van der Waals surface area contributed by atoms with Gasteiger partial charge in [-0.15, -0.1) is 0 Å². The number of hydrogen-bond donors (Lipinski definition) is 2. The number of urea groups is 1. The van der Waals surface area contributed by atoms with E-state index in [9.17, 15) is 9.59 Å². The van der Waals surface area contributed by atoms with Crippen molar-refractivity contribution in [2.24, 2.45) is 0 Å². The van der Waals surface area contributed by atoms with Crippen molar-refractivity contribution in [3.63, 3.8) is 0 Å². The van der Waals surface area contributed by atoms with Gasteiger partial charge in [0, 0.05) is 30.3 Å². The summed E-state index contributed by atoms with van der Waals surface area (Å²) in [5.74, 6) is 0.503. The van der Waals surface area contributed by atoms with Crippen LogP contribution in [0.1, 0.15) is 23.8 Å². The van der Waals surface area contributed by atoms with Crippen LogP contribution in [0.5, 0.6) is 0 Å². The zero-order chi connectivity index (χ0) is 19.8. The number of halogens is 2. The molecule has 2 bridgehead atoms. The topological polar surface area (TPSA) is 90.5 Å². The Labute approximate surface area is 175 Å². The third-order valence-electron chi connectivity index (χ3n) is 4.76. The second kappa shape index (κ2) is 7.56. The summed E-state index contributed by atoms with van der Waals surface area (Å²) < 4.78 is 0.812. The fourth-order valence-electron chi connectivity index (χ4n) is 3.53. The molecule has 0 radical (unpaired) electrons. The van der Waals surface area contributed by atoms with Crippen LogP contribution in [0.25, 0.3) is 0 Å². The first kappa shape index (κ1) is 18.9. The van der Waals surface area contributed by atoms with Crippen molar-refractivity contribution in [1.29, 1.82) is 0 Å². The van der Waals surface area contributed by atoms with E-state index < -0.39 is 0 Å². The van der Waals surface area contributed by atoms with E-state index in [0.29, 0.717) is 24.7 Å². The van der Waals surface area contributed by atoms with E-state index in [4.69, 9.17) is 11.6 Å². The second-order valence-electron chi connectivity index (χ2n) is 6.57. The Morgan fingerprint density at radius 2 is 2.21 bits per heavy atom. The molecule has 0 spiro atoms. The number of rotatable bonds is 3. The van der Waals surface area contributed by atoms with Crippen LogP contribution in [0.3, 0.4) is 0 Å². The van der Waals surface area contributed by atoms with Gasteiger partial charge < -0.3 is 10.2 Å². The van der Waals surface area contributed by atoms with Crippen molar-refractivity contribution in [3.05, 3.63) is 39.6 Å². The van der Waals surface area contributed by atoms with E-state index >= 15 is 0 Å². The number of carbonyl (C=O) groups excluding carboxylic acids is 2. The van der Waals surface area contributed by atoms with Crippen LogP contribution in [0.15, 0.2) is 28.9 Å². The SMILES string of the molecule is CCNC(=O)c1nc2c(cc1Cl)N1CCC(C1)N2C(=O)Nc1cc(Br)ccn1. The number of fused-ring (bicyclic) bond motifs is 4. The third-order valence-corrected chi connectivity index (χ3v) is 5.54. The monoisotopic (exact) mass is 464 g/mol. The van der Waals surface area contributed by atoms with Crippen molar-refractivity contribution in [2.75, 3.05) is 34.8 Å². The average molecular weight is 466 g/mol. The number of hydrogen-bond acceptors (Lipinski definition) is 5. The minimum atomic E-state index is -0.364. The van der Waals surface area contributed by atoms with E-state index in [2.05, 4.69) is 41.4 Å². The van der Waals surface area contributed by atoms with Gasteiger partial charge in [0.15, 0.2) is 5.82 Å². The molecule has 2 aromatic rings. The molecular weight excluding hydrogens is 448 g/mol. The molecule has 28 heavy (non-hydrogen) atoms. The summed E-state index contributed by atoms with van der Waals surface area (Å²) >= 11 is 9.69. The number of anilines is 3. The molecule has 2 N–H and O–H groups in total. The Bertz CT molecular complexity index is 956. The Balaban J connectivity index is 1.72. The molecule has 2 aromatic heterocycles. The minimum Gasteiger partial charge on any atom is -0.366 e. The molecule has 8 nitrogen and oxygen atoms in total. The summed E-state index contributed by atoms with van der Waals surface area (Å²) in [7, 11) is 0. The number of amides is 3. The lowest BCUT2D eigenvalue weighted by atomic mass is 10.1. The van der Waals surface area contributed by atoms with Gasteiger partial charge in [-0.1, -0.05) is 27.5 Å². The van der Waals surface area contributed by atoms with Crippen LogP contribution < -0.4 is 20.4 Å². The van der Waals surface area contributed by atoms with Crippen LogP contribution in [0.2, 0.25) is 5.02 Å². The Morgan fingerprint density at radius 3 is 2.96 bits per heavy atom. The highest BCUT2D eigenvalue weighted by Crippen LogP contribution is 2.41. The molecule has 0 aromatic carbocycles. The minimum absolute atomic E-state index is 0.0320. The predicted octanol–water partition coefficient (Wildman–Crippen LogP) is 3.27. The Morgan fingerprint density at radius 1 is 1.39 bits per heavy atom. The lowest BCUT2D eigenvalue weighted by Crippen LogP contribution is -2.48. The zero-order valence-corrected chi connectivity index (χ0v) is 17.4. The highest BCUT2D eigenvalue weighted by molar-refractivity contribution is 9.10. The molecule has 3 amide bonds. The van der Waals surface area contributed by atoms with Crippen molar-refractivity contribution < 1.29 is 9.59 Å². The van der Waals surface area contributed by atoms with Gasteiger partial charge in [-0.05, 0) is 31.5 Å². The van der Waals surface area contributed by atoms with Gasteiger partial charge in [0.1, 0.15) is 11.5 Å². The molecule has 1 atom stereocenters. The summed E-state index contributed by atoms with van der Waals surface area (Å²) in [6.07, 6.45) is 2.41. The highest BCUT2D eigenvalue weighted by Gasteiger charge is 2.41. The van der Waals surface area contributed by atoms with Crippen LogP contribution in [-0.2, 0) is 0 Å². The van der Waals surface area contributed by atoms with Gasteiger partial charge in [-0.25, -0.2) is 14.8 Å². The van der Waals surface area contributed by atoms with E-state index in [1.807, 2.05) is 6.92 Å². The smallest absolute Gasteiger partial charge is 0.329 e.